The van der Waals surface area contributed by atoms with Gasteiger partial charge in [-0.25, -0.2) is 0 Å². The van der Waals surface area contributed by atoms with E-state index >= 15 is 0 Å². The molecule has 1 N–H and O–H groups in total. The summed E-state index contributed by atoms with van der Waals surface area (Å²) in [5.74, 6) is 0. The van der Waals surface area contributed by atoms with Gasteiger partial charge >= 0.3 is 0 Å². The van der Waals surface area contributed by atoms with Crippen LogP contribution in [-0.2, 0) is 6.54 Å². The number of benzene rings is 2. The van der Waals surface area contributed by atoms with Crippen molar-refractivity contribution >= 4 is 10.9 Å². The van der Waals surface area contributed by atoms with E-state index in [1.807, 2.05) is 18.3 Å². The van der Waals surface area contributed by atoms with Crippen LogP contribution < -0.4 is 5.32 Å². The lowest BCUT2D eigenvalue weighted by Gasteiger charge is -2.06. The Morgan fingerprint density at radius 2 is 1.76 bits per heavy atom. The Labute approximate surface area is 124 Å². The molecule has 0 radical (unpaired) electrons. The molecule has 0 unspecified atom stereocenters. The van der Waals surface area contributed by atoms with Crippen LogP contribution in [0.4, 0.5) is 0 Å². The lowest BCUT2D eigenvalue weighted by molar-refractivity contribution is 0.688. The number of hydrogen-bond acceptors (Lipinski definition) is 2. The molecule has 3 aromatic rings. The summed E-state index contributed by atoms with van der Waals surface area (Å²) < 4.78 is 0. The summed E-state index contributed by atoms with van der Waals surface area (Å²) in [6, 6.07) is 20.0. The van der Waals surface area contributed by atoms with Crippen molar-refractivity contribution in [1.82, 2.24) is 10.3 Å². The number of para-hydroxylation sites is 1. The van der Waals surface area contributed by atoms with E-state index in [1.54, 1.807) is 0 Å². The molecule has 1 heterocycles. The topological polar surface area (TPSA) is 24.9 Å². The van der Waals surface area contributed by atoms with Crippen molar-refractivity contribution in [3.63, 3.8) is 0 Å². The van der Waals surface area contributed by atoms with Crippen molar-refractivity contribution in [2.75, 3.05) is 0 Å². The number of rotatable bonds is 4. The number of hydrogen-bond donors (Lipinski definition) is 1. The minimum atomic E-state index is 0.759. The molecule has 0 saturated heterocycles. The molecule has 4 rings (SSSR count). The molecule has 1 aliphatic carbocycles. The second-order valence-electron chi connectivity index (χ2n) is 5.77. The van der Waals surface area contributed by atoms with Crippen LogP contribution in [-0.4, -0.2) is 11.0 Å². The van der Waals surface area contributed by atoms with E-state index in [-0.39, 0.29) is 0 Å². The predicted molar refractivity (Wildman–Crippen MR) is 87.0 cm³/mol. The second kappa shape index (κ2) is 5.30. The first kappa shape index (κ1) is 12.5. The van der Waals surface area contributed by atoms with Crippen LogP contribution >= 0.6 is 0 Å². The van der Waals surface area contributed by atoms with Gasteiger partial charge in [0.1, 0.15) is 0 Å². The van der Waals surface area contributed by atoms with Crippen molar-refractivity contribution in [3.05, 3.63) is 66.4 Å². The van der Waals surface area contributed by atoms with Gasteiger partial charge in [0.05, 0.1) is 5.52 Å². The summed E-state index contributed by atoms with van der Waals surface area (Å²) in [6.45, 7) is 0.973. The summed E-state index contributed by atoms with van der Waals surface area (Å²) in [6.07, 6.45) is 4.63. The minimum absolute atomic E-state index is 0.759. The van der Waals surface area contributed by atoms with E-state index in [0.29, 0.717) is 0 Å². The maximum absolute atomic E-state index is 4.54. The molecule has 21 heavy (non-hydrogen) atoms. The van der Waals surface area contributed by atoms with Crippen molar-refractivity contribution in [2.24, 2.45) is 0 Å². The molecule has 2 heteroatoms. The van der Waals surface area contributed by atoms with E-state index in [2.05, 4.69) is 52.8 Å². The quantitative estimate of drug-likeness (QED) is 0.773. The van der Waals surface area contributed by atoms with Gasteiger partial charge in [-0.1, -0.05) is 42.5 Å². The van der Waals surface area contributed by atoms with Crippen LogP contribution in [0.15, 0.2) is 60.8 Å². The average molecular weight is 274 g/mol. The summed E-state index contributed by atoms with van der Waals surface area (Å²) in [4.78, 5) is 4.54. The van der Waals surface area contributed by atoms with Crippen LogP contribution in [0.3, 0.4) is 0 Å². The number of pyridine rings is 1. The lowest BCUT2D eigenvalue weighted by Crippen LogP contribution is -2.14. The Morgan fingerprint density at radius 1 is 0.952 bits per heavy atom. The Hall–Kier alpha value is -2.19. The molecule has 1 saturated carbocycles. The van der Waals surface area contributed by atoms with Crippen LogP contribution in [0.1, 0.15) is 18.4 Å². The van der Waals surface area contributed by atoms with E-state index < -0.39 is 0 Å². The van der Waals surface area contributed by atoms with Gasteiger partial charge in [0.25, 0.3) is 0 Å². The van der Waals surface area contributed by atoms with Gasteiger partial charge in [0.15, 0.2) is 0 Å². The molecule has 0 aliphatic heterocycles. The van der Waals surface area contributed by atoms with E-state index in [1.165, 1.54) is 34.9 Å². The molecule has 2 aromatic carbocycles. The van der Waals surface area contributed by atoms with Gasteiger partial charge in [-0.15, -0.1) is 0 Å². The number of nitrogens with zero attached hydrogens (tertiary/aromatic N) is 1. The third-order valence-corrected chi connectivity index (χ3v) is 4.05. The third kappa shape index (κ3) is 2.81. The maximum atomic E-state index is 4.54. The van der Waals surface area contributed by atoms with Gasteiger partial charge in [0.2, 0.25) is 0 Å². The Morgan fingerprint density at radius 3 is 2.57 bits per heavy atom. The normalized spacial score (nSPS) is 14.5. The monoisotopic (exact) mass is 274 g/mol. The van der Waals surface area contributed by atoms with Gasteiger partial charge in [-0.05, 0) is 36.1 Å². The van der Waals surface area contributed by atoms with E-state index in [0.717, 1.165) is 18.1 Å². The summed E-state index contributed by atoms with van der Waals surface area (Å²) in [5, 5.41) is 4.73. The Balaban J connectivity index is 1.58. The minimum Gasteiger partial charge on any atom is -0.310 e. The highest BCUT2D eigenvalue weighted by Gasteiger charge is 2.19. The standard InChI is InChI=1S/C19H18N2/c1-2-4-19-16(3-1)11-17(13-21-19)15-7-5-14(6-8-15)12-20-18-9-10-18/h1-8,11,13,18,20H,9-10,12H2. The van der Waals surface area contributed by atoms with Crippen molar-refractivity contribution < 1.29 is 0 Å². The highest BCUT2D eigenvalue weighted by molar-refractivity contribution is 5.83. The van der Waals surface area contributed by atoms with Gasteiger partial charge < -0.3 is 5.32 Å². The van der Waals surface area contributed by atoms with Crippen LogP contribution in [0.5, 0.6) is 0 Å². The molecular weight excluding hydrogens is 256 g/mol. The first-order valence-electron chi connectivity index (χ1n) is 7.56. The van der Waals surface area contributed by atoms with Crippen LogP contribution in [0, 0.1) is 0 Å². The predicted octanol–water partition coefficient (Wildman–Crippen LogP) is 4.15. The zero-order chi connectivity index (χ0) is 14.1. The molecular formula is C19H18N2. The largest absolute Gasteiger partial charge is 0.310 e. The molecule has 0 atom stereocenters. The zero-order valence-electron chi connectivity index (χ0n) is 11.9. The van der Waals surface area contributed by atoms with Crippen LogP contribution in [0.25, 0.3) is 22.0 Å². The number of fused-ring (bicyclic) bond motifs is 1. The van der Waals surface area contributed by atoms with Crippen molar-refractivity contribution in [2.45, 2.75) is 25.4 Å². The molecule has 104 valence electrons. The van der Waals surface area contributed by atoms with Gasteiger partial charge in [-0.3, -0.25) is 4.98 Å². The maximum Gasteiger partial charge on any atom is 0.0702 e. The summed E-state index contributed by atoms with van der Waals surface area (Å²) in [5.41, 5.74) is 4.80. The first-order chi connectivity index (χ1) is 10.4. The molecule has 1 fully saturated rings. The Bertz CT molecular complexity index is 758. The zero-order valence-corrected chi connectivity index (χ0v) is 11.9. The van der Waals surface area contributed by atoms with E-state index in [4.69, 9.17) is 0 Å². The van der Waals surface area contributed by atoms with E-state index in [9.17, 15) is 0 Å². The lowest BCUT2D eigenvalue weighted by atomic mass is 10.0. The van der Waals surface area contributed by atoms with Crippen molar-refractivity contribution in [3.8, 4) is 11.1 Å². The third-order valence-electron chi connectivity index (χ3n) is 4.05. The molecule has 1 aliphatic rings. The Kier molecular flexibility index (Phi) is 3.17. The molecule has 2 nitrogen and oxygen atoms in total. The molecule has 0 spiro atoms. The molecule has 0 amide bonds. The SMILES string of the molecule is c1ccc2ncc(-c3ccc(CNC4CC4)cc3)cc2c1. The van der Waals surface area contributed by atoms with Crippen molar-refractivity contribution in [1.29, 1.82) is 0 Å². The summed E-state index contributed by atoms with van der Waals surface area (Å²) >= 11 is 0. The smallest absolute Gasteiger partial charge is 0.0702 e. The average Bonchev–Trinajstić information content (AvgIpc) is 3.37. The first-order valence-corrected chi connectivity index (χ1v) is 7.56. The van der Waals surface area contributed by atoms with Gasteiger partial charge in [-0.2, -0.15) is 0 Å². The fourth-order valence-corrected chi connectivity index (χ4v) is 2.59. The number of nitrogens with one attached hydrogen (secondary N) is 1. The molecule has 1 aromatic heterocycles. The van der Waals surface area contributed by atoms with Gasteiger partial charge in [0, 0.05) is 29.7 Å². The highest BCUT2D eigenvalue weighted by atomic mass is 14.9. The second-order valence-corrected chi connectivity index (χ2v) is 5.77. The summed E-state index contributed by atoms with van der Waals surface area (Å²) in [7, 11) is 0. The van der Waals surface area contributed by atoms with Crippen LogP contribution in [0.2, 0.25) is 0 Å². The fourth-order valence-electron chi connectivity index (χ4n) is 2.59. The molecule has 0 bridgehead atoms. The highest BCUT2D eigenvalue weighted by Crippen LogP contribution is 2.23. The fraction of sp³-hybridized carbons (Fsp3) is 0.211. The number of aromatic nitrogens is 1.